The molecule has 2 aliphatic rings. The fourth-order valence-electron chi connectivity index (χ4n) is 2.82. The van der Waals surface area contributed by atoms with E-state index in [4.69, 9.17) is 0 Å². The monoisotopic (exact) mass is 212 g/mol. The Morgan fingerprint density at radius 2 is 1.93 bits per heavy atom. The van der Waals surface area contributed by atoms with E-state index in [1.807, 2.05) is 0 Å². The fraction of sp³-hybridized carbons (Fsp3) is 1.00. The molecule has 1 heterocycles. The first-order valence-corrected chi connectivity index (χ1v) is 6.37. The first-order valence-electron chi connectivity index (χ1n) is 6.37. The third kappa shape index (κ3) is 3.16. The van der Waals surface area contributed by atoms with Gasteiger partial charge in [-0.3, -0.25) is 0 Å². The van der Waals surface area contributed by atoms with Gasteiger partial charge in [0.15, 0.2) is 0 Å². The van der Waals surface area contributed by atoms with E-state index < -0.39 is 0 Å². The first kappa shape index (κ1) is 11.4. The molecular weight excluding hydrogens is 188 g/mol. The van der Waals surface area contributed by atoms with Crippen LogP contribution in [0.3, 0.4) is 0 Å². The highest BCUT2D eigenvalue weighted by Crippen LogP contribution is 2.19. The van der Waals surface area contributed by atoms with Gasteiger partial charge in [-0.2, -0.15) is 0 Å². The lowest BCUT2D eigenvalue weighted by Crippen LogP contribution is -2.42. The molecule has 2 fully saturated rings. The molecule has 0 radical (unpaired) electrons. The molecule has 2 rings (SSSR count). The number of nitrogens with one attached hydrogen (secondary N) is 1. The summed E-state index contributed by atoms with van der Waals surface area (Å²) in [6.07, 6.45) is 6.94. The van der Waals surface area contributed by atoms with Crippen LogP contribution in [0.1, 0.15) is 38.5 Å². The van der Waals surface area contributed by atoms with Gasteiger partial charge in [0.2, 0.25) is 0 Å². The van der Waals surface area contributed by atoms with E-state index in [1.165, 1.54) is 19.4 Å². The summed E-state index contributed by atoms with van der Waals surface area (Å²) in [7, 11) is 2.23. The van der Waals surface area contributed by atoms with E-state index in [-0.39, 0.29) is 6.10 Å². The number of likely N-dealkylation sites (N-methyl/N-ethyl adjacent to an activating group) is 1. The van der Waals surface area contributed by atoms with Crippen LogP contribution in [0.5, 0.6) is 0 Å². The second kappa shape index (κ2) is 5.28. The Morgan fingerprint density at radius 3 is 2.53 bits per heavy atom. The van der Waals surface area contributed by atoms with Crippen molar-refractivity contribution in [1.29, 1.82) is 0 Å². The molecule has 1 atom stereocenters. The van der Waals surface area contributed by atoms with Crippen LogP contribution in [0.2, 0.25) is 0 Å². The number of aliphatic hydroxyl groups excluding tert-OH is 1. The molecule has 0 aromatic rings. The maximum atomic E-state index is 9.41. The average Bonchev–Trinajstić information content (AvgIpc) is 2.63. The minimum atomic E-state index is -0.0304. The number of aliphatic hydroxyl groups is 1. The van der Waals surface area contributed by atoms with Crippen molar-refractivity contribution in [3.63, 3.8) is 0 Å². The zero-order chi connectivity index (χ0) is 10.7. The van der Waals surface area contributed by atoms with Crippen LogP contribution < -0.4 is 5.32 Å². The smallest absolute Gasteiger partial charge is 0.0541 e. The van der Waals surface area contributed by atoms with Crippen LogP contribution in [0, 0.1) is 0 Å². The SMILES string of the molecule is CN1CCCC1CNC1CCC(O)CC1. The molecule has 15 heavy (non-hydrogen) atoms. The predicted octanol–water partition coefficient (Wildman–Crippen LogP) is 0.974. The van der Waals surface area contributed by atoms with Crippen molar-refractivity contribution in [3.8, 4) is 0 Å². The van der Waals surface area contributed by atoms with Gasteiger partial charge in [-0.25, -0.2) is 0 Å². The Morgan fingerprint density at radius 1 is 1.20 bits per heavy atom. The predicted molar refractivity (Wildman–Crippen MR) is 61.9 cm³/mol. The quantitative estimate of drug-likeness (QED) is 0.732. The van der Waals surface area contributed by atoms with E-state index in [9.17, 15) is 5.11 Å². The van der Waals surface area contributed by atoms with E-state index in [2.05, 4.69) is 17.3 Å². The lowest BCUT2D eigenvalue weighted by molar-refractivity contribution is 0.115. The van der Waals surface area contributed by atoms with Crippen LogP contribution in [-0.4, -0.2) is 48.3 Å². The molecule has 88 valence electrons. The largest absolute Gasteiger partial charge is 0.393 e. The van der Waals surface area contributed by atoms with Crippen LogP contribution >= 0.6 is 0 Å². The summed E-state index contributed by atoms with van der Waals surface area (Å²) in [6.45, 7) is 2.40. The molecule has 1 aliphatic heterocycles. The van der Waals surface area contributed by atoms with Crippen molar-refractivity contribution in [1.82, 2.24) is 10.2 Å². The van der Waals surface area contributed by atoms with Crippen molar-refractivity contribution >= 4 is 0 Å². The lowest BCUT2D eigenvalue weighted by Gasteiger charge is -2.28. The number of hydrogen-bond donors (Lipinski definition) is 2. The summed E-state index contributed by atoms with van der Waals surface area (Å²) >= 11 is 0. The third-order valence-electron chi connectivity index (χ3n) is 4.01. The van der Waals surface area contributed by atoms with Crippen molar-refractivity contribution in [3.05, 3.63) is 0 Å². The minimum absolute atomic E-state index is 0.0304. The molecule has 2 N–H and O–H groups in total. The topological polar surface area (TPSA) is 35.5 Å². The Bertz CT molecular complexity index is 190. The molecule has 0 aromatic heterocycles. The molecule has 0 aromatic carbocycles. The Kier molecular flexibility index (Phi) is 4.00. The number of rotatable bonds is 3. The first-order chi connectivity index (χ1) is 7.25. The third-order valence-corrected chi connectivity index (χ3v) is 4.01. The van der Waals surface area contributed by atoms with Gasteiger partial charge in [-0.1, -0.05) is 0 Å². The number of likely N-dealkylation sites (tertiary alicyclic amines) is 1. The maximum Gasteiger partial charge on any atom is 0.0541 e. The van der Waals surface area contributed by atoms with Gasteiger partial charge in [-0.15, -0.1) is 0 Å². The summed E-state index contributed by atoms with van der Waals surface area (Å²) in [5.74, 6) is 0. The van der Waals surface area contributed by atoms with Gasteiger partial charge < -0.3 is 15.3 Å². The van der Waals surface area contributed by atoms with Crippen LogP contribution in [0.25, 0.3) is 0 Å². The number of nitrogens with zero attached hydrogens (tertiary/aromatic N) is 1. The molecule has 3 heteroatoms. The number of hydrogen-bond acceptors (Lipinski definition) is 3. The molecule has 1 unspecified atom stereocenters. The van der Waals surface area contributed by atoms with Crippen LogP contribution in [-0.2, 0) is 0 Å². The molecule has 1 saturated heterocycles. The second-order valence-electron chi connectivity index (χ2n) is 5.19. The zero-order valence-corrected chi connectivity index (χ0v) is 9.78. The van der Waals surface area contributed by atoms with E-state index in [0.29, 0.717) is 6.04 Å². The van der Waals surface area contributed by atoms with Crippen molar-refractivity contribution in [2.24, 2.45) is 0 Å². The van der Waals surface area contributed by atoms with E-state index >= 15 is 0 Å². The maximum absolute atomic E-state index is 9.41. The minimum Gasteiger partial charge on any atom is -0.393 e. The zero-order valence-electron chi connectivity index (χ0n) is 9.78. The highest BCUT2D eigenvalue weighted by molar-refractivity contribution is 4.82. The molecular formula is C12H24N2O. The highest BCUT2D eigenvalue weighted by Gasteiger charge is 2.23. The van der Waals surface area contributed by atoms with E-state index in [1.54, 1.807) is 0 Å². The molecule has 3 nitrogen and oxygen atoms in total. The average molecular weight is 212 g/mol. The van der Waals surface area contributed by atoms with Gasteiger partial charge in [-0.05, 0) is 52.1 Å². The van der Waals surface area contributed by atoms with Gasteiger partial charge in [0.05, 0.1) is 6.10 Å². The summed E-state index contributed by atoms with van der Waals surface area (Å²) in [6, 6.07) is 1.40. The molecule has 0 spiro atoms. The van der Waals surface area contributed by atoms with Gasteiger partial charge in [0, 0.05) is 18.6 Å². The van der Waals surface area contributed by atoms with Crippen molar-refractivity contribution in [2.45, 2.75) is 56.7 Å². The molecule has 1 saturated carbocycles. The molecule has 0 amide bonds. The molecule has 0 bridgehead atoms. The normalized spacial score (nSPS) is 38.4. The Balaban J connectivity index is 1.65. The van der Waals surface area contributed by atoms with Crippen LogP contribution in [0.4, 0.5) is 0 Å². The van der Waals surface area contributed by atoms with Crippen molar-refractivity contribution in [2.75, 3.05) is 20.1 Å². The summed E-state index contributed by atoms with van der Waals surface area (Å²) in [5, 5.41) is 13.1. The Labute approximate surface area is 92.8 Å². The van der Waals surface area contributed by atoms with Crippen molar-refractivity contribution < 1.29 is 5.11 Å². The molecule has 1 aliphatic carbocycles. The van der Waals surface area contributed by atoms with E-state index in [0.717, 1.165) is 38.3 Å². The fourth-order valence-corrected chi connectivity index (χ4v) is 2.82. The van der Waals surface area contributed by atoms with Gasteiger partial charge >= 0.3 is 0 Å². The summed E-state index contributed by atoms with van der Waals surface area (Å²) in [4.78, 5) is 2.46. The van der Waals surface area contributed by atoms with Crippen LogP contribution in [0.15, 0.2) is 0 Å². The highest BCUT2D eigenvalue weighted by atomic mass is 16.3. The van der Waals surface area contributed by atoms with Gasteiger partial charge in [0.1, 0.15) is 0 Å². The summed E-state index contributed by atoms with van der Waals surface area (Å²) in [5.41, 5.74) is 0. The van der Waals surface area contributed by atoms with Gasteiger partial charge in [0.25, 0.3) is 0 Å². The lowest BCUT2D eigenvalue weighted by atomic mass is 9.93. The Hall–Kier alpha value is -0.120. The standard InChI is InChI=1S/C12H24N2O/c1-14-8-2-3-11(14)9-13-10-4-6-12(15)7-5-10/h10-13,15H,2-9H2,1H3. The summed E-state index contributed by atoms with van der Waals surface area (Å²) < 4.78 is 0. The second-order valence-corrected chi connectivity index (χ2v) is 5.19.